The lowest BCUT2D eigenvalue weighted by Gasteiger charge is -2.10. The van der Waals surface area contributed by atoms with Crippen LogP contribution in [0, 0.1) is 0 Å². The zero-order valence-corrected chi connectivity index (χ0v) is 14.5. The van der Waals surface area contributed by atoms with E-state index in [1.807, 2.05) is 0 Å². The van der Waals surface area contributed by atoms with Crippen LogP contribution < -0.4 is 10.0 Å². The Hall–Kier alpha value is -2.38. The van der Waals surface area contributed by atoms with Crippen molar-refractivity contribution in [3.63, 3.8) is 0 Å². The Labute approximate surface area is 144 Å². The van der Waals surface area contributed by atoms with Gasteiger partial charge in [0.25, 0.3) is 5.91 Å². The van der Waals surface area contributed by atoms with Crippen molar-refractivity contribution in [2.24, 2.45) is 0 Å². The number of hydrogen-bond acceptors (Lipinski definition) is 4. The van der Waals surface area contributed by atoms with Crippen molar-refractivity contribution in [3.8, 4) is 0 Å². The van der Waals surface area contributed by atoms with Crippen molar-refractivity contribution >= 4 is 44.7 Å². The fourth-order valence-electron chi connectivity index (χ4n) is 1.99. The summed E-state index contributed by atoms with van der Waals surface area (Å²) in [6, 6.07) is 10.7. The highest BCUT2D eigenvalue weighted by Gasteiger charge is 2.13. The summed E-state index contributed by atoms with van der Waals surface area (Å²) in [6.07, 6.45) is 1.01. The highest BCUT2D eigenvalue weighted by atomic mass is 35.5. The van der Waals surface area contributed by atoms with E-state index in [9.17, 15) is 18.0 Å². The molecule has 0 aromatic heterocycles. The fraction of sp³-hybridized carbons (Fsp3) is 0.125. The van der Waals surface area contributed by atoms with Crippen molar-refractivity contribution in [2.45, 2.75) is 6.92 Å². The molecule has 0 saturated heterocycles. The molecule has 0 saturated carbocycles. The number of amides is 1. The zero-order valence-electron chi connectivity index (χ0n) is 13.0. The van der Waals surface area contributed by atoms with Crippen LogP contribution >= 0.6 is 11.6 Å². The minimum Gasteiger partial charge on any atom is -0.322 e. The minimum absolute atomic E-state index is 0.110. The van der Waals surface area contributed by atoms with E-state index in [2.05, 4.69) is 10.0 Å². The van der Waals surface area contributed by atoms with Crippen LogP contribution in [-0.4, -0.2) is 26.4 Å². The molecule has 0 aliphatic carbocycles. The molecule has 0 spiro atoms. The van der Waals surface area contributed by atoms with E-state index in [0.29, 0.717) is 11.3 Å². The summed E-state index contributed by atoms with van der Waals surface area (Å²) < 4.78 is 24.8. The van der Waals surface area contributed by atoms with Gasteiger partial charge in [0.1, 0.15) is 0 Å². The summed E-state index contributed by atoms with van der Waals surface area (Å²) >= 11 is 6.02. The third kappa shape index (κ3) is 4.81. The van der Waals surface area contributed by atoms with E-state index in [0.717, 1.165) is 6.26 Å². The third-order valence-electron chi connectivity index (χ3n) is 3.04. The first-order valence-electron chi connectivity index (χ1n) is 6.85. The average Bonchev–Trinajstić information content (AvgIpc) is 2.48. The molecular weight excluding hydrogens is 352 g/mol. The maximum atomic E-state index is 12.4. The van der Waals surface area contributed by atoms with Gasteiger partial charge in [0.05, 0.1) is 16.8 Å². The molecule has 0 atom stereocenters. The number of carbonyl (C=O) groups excluding carboxylic acids is 2. The van der Waals surface area contributed by atoms with E-state index in [4.69, 9.17) is 11.6 Å². The number of hydrogen-bond donors (Lipinski definition) is 2. The van der Waals surface area contributed by atoms with Gasteiger partial charge in [0.2, 0.25) is 10.0 Å². The normalized spacial score (nSPS) is 11.0. The molecule has 0 aliphatic rings. The molecule has 2 aromatic rings. The number of anilines is 2. The Morgan fingerprint density at radius 3 is 2.38 bits per heavy atom. The summed E-state index contributed by atoms with van der Waals surface area (Å²) in [7, 11) is -3.47. The molecular formula is C16H15ClN2O4S. The molecule has 126 valence electrons. The van der Waals surface area contributed by atoms with E-state index in [1.54, 1.807) is 24.3 Å². The predicted molar refractivity (Wildman–Crippen MR) is 94.3 cm³/mol. The molecule has 2 aromatic carbocycles. The van der Waals surface area contributed by atoms with Gasteiger partial charge in [-0.2, -0.15) is 0 Å². The molecule has 0 bridgehead atoms. The number of Topliss-reactive ketones (excluding diaryl/α,β-unsaturated/α-hetero) is 1. The van der Waals surface area contributed by atoms with Crippen LogP contribution in [0.3, 0.4) is 0 Å². The first-order valence-corrected chi connectivity index (χ1v) is 9.12. The second-order valence-electron chi connectivity index (χ2n) is 5.16. The van der Waals surface area contributed by atoms with Crippen molar-refractivity contribution in [1.29, 1.82) is 0 Å². The zero-order chi connectivity index (χ0) is 17.9. The molecule has 0 heterocycles. The fourth-order valence-corrected chi connectivity index (χ4v) is 2.75. The number of benzene rings is 2. The second kappa shape index (κ2) is 7.02. The second-order valence-corrected chi connectivity index (χ2v) is 7.32. The number of ketones is 1. The summed E-state index contributed by atoms with van der Waals surface area (Å²) in [5.74, 6) is -0.638. The first-order chi connectivity index (χ1) is 11.2. The molecule has 0 unspecified atom stereocenters. The lowest BCUT2D eigenvalue weighted by molar-refractivity contribution is 0.101. The topological polar surface area (TPSA) is 92.3 Å². The third-order valence-corrected chi connectivity index (χ3v) is 3.98. The highest BCUT2D eigenvalue weighted by molar-refractivity contribution is 7.92. The van der Waals surface area contributed by atoms with E-state index in [1.165, 1.54) is 25.1 Å². The Balaban J connectivity index is 2.28. The molecule has 24 heavy (non-hydrogen) atoms. The number of nitrogens with one attached hydrogen (secondary N) is 2. The van der Waals surface area contributed by atoms with Crippen molar-refractivity contribution in [2.75, 3.05) is 16.3 Å². The average molecular weight is 367 g/mol. The van der Waals surface area contributed by atoms with Crippen molar-refractivity contribution < 1.29 is 18.0 Å². The van der Waals surface area contributed by atoms with Gasteiger partial charge in [-0.15, -0.1) is 0 Å². The van der Waals surface area contributed by atoms with Crippen LogP contribution in [0.5, 0.6) is 0 Å². The molecule has 2 N–H and O–H groups in total. The van der Waals surface area contributed by atoms with Crippen LogP contribution in [0.25, 0.3) is 0 Å². The van der Waals surface area contributed by atoms with Crippen molar-refractivity contribution in [3.05, 3.63) is 58.6 Å². The van der Waals surface area contributed by atoms with E-state index in [-0.39, 0.29) is 22.1 Å². The minimum atomic E-state index is -3.47. The molecule has 0 radical (unpaired) electrons. The van der Waals surface area contributed by atoms with Gasteiger partial charge >= 0.3 is 0 Å². The van der Waals surface area contributed by atoms with Crippen LogP contribution in [0.15, 0.2) is 42.5 Å². The molecule has 1 amide bonds. The molecule has 0 fully saturated rings. The first kappa shape index (κ1) is 18.0. The van der Waals surface area contributed by atoms with Gasteiger partial charge in [0.15, 0.2) is 5.78 Å². The highest BCUT2D eigenvalue weighted by Crippen LogP contribution is 2.23. The van der Waals surface area contributed by atoms with Gasteiger partial charge in [0, 0.05) is 16.9 Å². The van der Waals surface area contributed by atoms with Crippen LogP contribution in [0.4, 0.5) is 11.4 Å². The number of carbonyl (C=O) groups is 2. The van der Waals surface area contributed by atoms with Gasteiger partial charge in [-0.25, -0.2) is 8.42 Å². The van der Waals surface area contributed by atoms with Gasteiger partial charge in [-0.05, 0) is 37.3 Å². The van der Waals surface area contributed by atoms with Crippen LogP contribution in [0.1, 0.15) is 27.6 Å². The SMILES string of the molecule is CC(=O)c1cccc(NC(=O)c2cc(NS(C)(=O)=O)ccc2Cl)c1. The summed E-state index contributed by atoms with van der Waals surface area (Å²) in [5.41, 5.74) is 1.24. The summed E-state index contributed by atoms with van der Waals surface area (Å²) in [4.78, 5) is 23.8. The summed E-state index contributed by atoms with van der Waals surface area (Å²) in [5, 5.41) is 2.81. The quantitative estimate of drug-likeness (QED) is 0.795. The number of rotatable bonds is 5. The lowest BCUT2D eigenvalue weighted by Crippen LogP contribution is -2.14. The summed E-state index contributed by atoms with van der Waals surface area (Å²) in [6.45, 7) is 1.43. The Bertz CT molecular complexity index is 910. The van der Waals surface area contributed by atoms with E-state index < -0.39 is 15.9 Å². The molecule has 0 aliphatic heterocycles. The Kier molecular flexibility index (Phi) is 5.26. The largest absolute Gasteiger partial charge is 0.322 e. The van der Waals surface area contributed by atoms with Crippen LogP contribution in [-0.2, 0) is 10.0 Å². The maximum absolute atomic E-state index is 12.4. The van der Waals surface area contributed by atoms with Crippen LogP contribution in [0.2, 0.25) is 5.02 Å². The van der Waals surface area contributed by atoms with Gasteiger partial charge in [-0.1, -0.05) is 23.7 Å². The number of sulfonamides is 1. The molecule has 6 nitrogen and oxygen atoms in total. The number of halogens is 1. The van der Waals surface area contributed by atoms with Gasteiger partial charge in [-0.3, -0.25) is 14.3 Å². The maximum Gasteiger partial charge on any atom is 0.257 e. The standard InChI is InChI=1S/C16H15ClN2O4S/c1-10(20)11-4-3-5-12(8-11)18-16(21)14-9-13(6-7-15(14)17)19-24(2,22)23/h3-9,19H,1-2H3,(H,18,21). The lowest BCUT2D eigenvalue weighted by atomic mass is 10.1. The Morgan fingerprint density at radius 1 is 1.04 bits per heavy atom. The molecule has 2 rings (SSSR count). The smallest absolute Gasteiger partial charge is 0.257 e. The van der Waals surface area contributed by atoms with Crippen molar-refractivity contribution in [1.82, 2.24) is 0 Å². The predicted octanol–water partition coefficient (Wildman–Crippen LogP) is 3.17. The van der Waals surface area contributed by atoms with Gasteiger partial charge < -0.3 is 5.32 Å². The Morgan fingerprint density at radius 2 is 1.75 bits per heavy atom. The van der Waals surface area contributed by atoms with E-state index >= 15 is 0 Å². The monoisotopic (exact) mass is 366 g/mol. The molecule has 8 heteroatoms.